The Kier molecular flexibility index (Phi) is 5.71. The minimum absolute atomic E-state index is 0.104. The summed E-state index contributed by atoms with van der Waals surface area (Å²) in [7, 11) is 0. The lowest BCUT2D eigenvalue weighted by atomic mass is 9.65. The highest BCUT2D eigenvalue weighted by Crippen LogP contribution is 2.56. The highest BCUT2D eigenvalue weighted by atomic mass is 16.6. The lowest BCUT2D eigenvalue weighted by Crippen LogP contribution is -2.57. The molecule has 0 saturated carbocycles. The third-order valence-electron chi connectivity index (χ3n) is 8.20. The van der Waals surface area contributed by atoms with Gasteiger partial charge in [0.05, 0.1) is 5.92 Å². The number of benzene rings is 4. The normalized spacial score (nSPS) is 15.6. The molecule has 0 saturated heterocycles. The Hall–Kier alpha value is -4.18. The second-order valence-corrected chi connectivity index (χ2v) is 11.1. The van der Waals surface area contributed by atoms with Crippen molar-refractivity contribution < 1.29 is 19.1 Å². The summed E-state index contributed by atoms with van der Waals surface area (Å²) < 4.78 is 12.0. The first-order valence-corrected chi connectivity index (χ1v) is 13.0. The van der Waals surface area contributed by atoms with Crippen molar-refractivity contribution in [2.75, 3.05) is 6.61 Å². The fourth-order valence-electron chi connectivity index (χ4n) is 6.48. The van der Waals surface area contributed by atoms with Crippen molar-refractivity contribution >= 4 is 12.4 Å². The van der Waals surface area contributed by atoms with Crippen molar-refractivity contribution in [1.82, 2.24) is 0 Å². The zero-order valence-electron chi connectivity index (χ0n) is 21.7. The molecule has 0 aliphatic heterocycles. The summed E-state index contributed by atoms with van der Waals surface area (Å²) in [5, 5.41) is 0. The van der Waals surface area contributed by atoms with Gasteiger partial charge in [-0.1, -0.05) is 118 Å². The maximum Gasteiger partial charge on any atom is 0.418 e. The van der Waals surface area contributed by atoms with Crippen LogP contribution in [0.25, 0.3) is 22.3 Å². The van der Waals surface area contributed by atoms with E-state index in [0.29, 0.717) is 0 Å². The molecule has 0 bridgehead atoms. The molecule has 6 rings (SSSR count). The molecule has 4 heteroatoms. The number of carbonyl (C=O) groups excluding carboxylic acids is 2. The molecule has 4 nitrogen and oxygen atoms in total. The molecule has 38 heavy (non-hydrogen) atoms. The van der Waals surface area contributed by atoms with E-state index in [1.165, 1.54) is 0 Å². The smallest absolute Gasteiger partial charge is 0.418 e. The number of carbonyl (C=O) groups is 1. The summed E-state index contributed by atoms with van der Waals surface area (Å²) >= 11 is 0. The van der Waals surface area contributed by atoms with Crippen LogP contribution in [0.15, 0.2) is 97.1 Å². The molecule has 1 radical (unpaired) electrons. The lowest BCUT2D eigenvalue weighted by molar-refractivity contribution is -0.178. The molecule has 0 spiro atoms. The number of rotatable bonds is 6. The second kappa shape index (κ2) is 8.98. The molecular formula is C34H29O4. The molecule has 2 aliphatic carbocycles. The van der Waals surface area contributed by atoms with Crippen LogP contribution in [-0.2, 0) is 19.1 Å². The fraction of sp³-hybridized carbons (Fsp3) is 0.235. The van der Waals surface area contributed by atoms with Crippen molar-refractivity contribution in [2.45, 2.75) is 38.2 Å². The van der Waals surface area contributed by atoms with Crippen LogP contribution >= 0.6 is 0 Å². The lowest BCUT2D eigenvalue weighted by Gasteiger charge is -2.44. The average molecular weight is 502 g/mol. The van der Waals surface area contributed by atoms with Crippen LogP contribution < -0.4 is 0 Å². The van der Waals surface area contributed by atoms with Gasteiger partial charge in [-0.05, 0) is 44.5 Å². The summed E-state index contributed by atoms with van der Waals surface area (Å²) in [6, 6.07) is 32.4. The van der Waals surface area contributed by atoms with Crippen molar-refractivity contribution in [3.63, 3.8) is 0 Å². The maximum atomic E-state index is 14.4. The van der Waals surface area contributed by atoms with Crippen molar-refractivity contribution in [3.05, 3.63) is 119 Å². The van der Waals surface area contributed by atoms with Gasteiger partial charge in [0.2, 0.25) is 5.60 Å². The van der Waals surface area contributed by atoms with Crippen LogP contribution in [0, 0.1) is 5.41 Å². The number of hydrogen-bond acceptors (Lipinski definition) is 4. The zero-order chi connectivity index (χ0) is 26.5. The predicted octanol–water partition coefficient (Wildman–Crippen LogP) is 7.02. The van der Waals surface area contributed by atoms with Crippen LogP contribution in [0.5, 0.6) is 0 Å². The van der Waals surface area contributed by atoms with Gasteiger partial charge in [0, 0.05) is 11.3 Å². The summed E-state index contributed by atoms with van der Waals surface area (Å²) in [6.45, 7) is 7.52. The standard InChI is InChI=1S/C34H29O4/c1-33(2,3)34(38-21-35,31-28-18-10-8-14-24(28)25-15-9-11-19-29(25)31)32(36)37-20-30-26-16-6-4-12-22(26)23-13-5-7-17-27(23)30/h4-19,30-31H,20H2,1-3H3. The monoisotopic (exact) mass is 501 g/mol. The van der Waals surface area contributed by atoms with Crippen LogP contribution in [0.2, 0.25) is 0 Å². The molecule has 1 unspecified atom stereocenters. The SMILES string of the molecule is CC(C)(C)C(O[C]=O)(C(=O)OCC1c2ccccc2-c2ccccc21)C1c2ccccc2-c2ccccc21. The van der Waals surface area contributed by atoms with E-state index in [2.05, 4.69) is 24.3 Å². The van der Waals surface area contributed by atoms with Gasteiger partial charge >= 0.3 is 12.4 Å². The van der Waals surface area contributed by atoms with Crippen LogP contribution in [-0.4, -0.2) is 24.6 Å². The van der Waals surface area contributed by atoms with E-state index in [1.54, 1.807) is 6.47 Å². The Bertz CT molecular complexity index is 1460. The number of ether oxygens (including phenoxy) is 2. The van der Waals surface area contributed by atoms with Gasteiger partial charge in [-0.25, -0.2) is 9.59 Å². The Morgan fingerprint density at radius 1 is 0.684 bits per heavy atom. The van der Waals surface area contributed by atoms with E-state index >= 15 is 0 Å². The van der Waals surface area contributed by atoms with E-state index in [-0.39, 0.29) is 12.5 Å². The van der Waals surface area contributed by atoms with Crippen molar-refractivity contribution in [2.24, 2.45) is 5.41 Å². The minimum Gasteiger partial charge on any atom is -0.462 e. The summed E-state index contributed by atoms with van der Waals surface area (Å²) in [5.41, 5.74) is 6.07. The van der Waals surface area contributed by atoms with Gasteiger partial charge in [-0.2, -0.15) is 0 Å². The Morgan fingerprint density at radius 3 is 1.50 bits per heavy atom. The molecule has 189 valence electrons. The van der Waals surface area contributed by atoms with E-state index in [0.717, 1.165) is 44.5 Å². The molecule has 0 aromatic heterocycles. The first-order chi connectivity index (χ1) is 18.4. The maximum absolute atomic E-state index is 14.4. The number of esters is 1. The van der Waals surface area contributed by atoms with E-state index in [1.807, 2.05) is 93.6 Å². The molecule has 0 amide bonds. The molecule has 4 aromatic carbocycles. The van der Waals surface area contributed by atoms with Gasteiger partial charge in [0.1, 0.15) is 6.61 Å². The summed E-state index contributed by atoms with van der Waals surface area (Å²) in [5.74, 6) is -1.20. The molecule has 0 fully saturated rings. The van der Waals surface area contributed by atoms with Gasteiger partial charge in [-0.15, -0.1) is 0 Å². The van der Waals surface area contributed by atoms with Gasteiger partial charge < -0.3 is 9.47 Å². The first-order valence-electron chi connectivity index (χ1n) is 13.0. The van der Waals surface area contributed by atoms with E-state index in [4.69, 9.17) is 9.47 Å². The second-order valence-electron chi connectivity index (χ2n) is 11.1. The first kappa shape index (κ1) is 24.2. The summed E-state index contributed by atoms with van der Waals surface area (Å²) in [4.78, 5) is 26.3. The molecular weight excluding hydrogens is 472 g/mol. The minimum atomic E-state index is -1.63. The number of hydrogen-bond donors (Lipinski definition) is 0. The zero-order valence-corrected chi connectivity index (χ0v) is 21.7. The van der Waals surface area contributed by atoms with Gasteiger partial charge in [0.15, 0.2) is 0 Å². The van der Waals surface area contributed by atoms with Crippen LogP contribution in [0.1, 0.15) is 54.9 Å². The largest absolute Gasteiger partial charge is 0.462 e. The van der Waals surface area contributed by atoms with Gasteiger partial charge in [-0.3, -0.25) is 0 Å². The fourth-order valence-corrected chi connectivity index (χ4v) is 6.48. The van der Waals surface area contributed by atoms with E-state index < -0.39 is 22.9 Å². The summed E-state index contributed by atoms with van der Waals surface area (Å²) in [6.07, 6.45) is 0. The molecule has 2 aliphatic rings. The topological polar surface area (TPSA) is 52.6 Å². The third kappa shape index (κ3) is 3.43. The Balaban J connectivity index is 1.43. The molecule has 1 atom stereocenters. The Morgan fingerprint density at radius 2 is 1.08 bits per heavy atom. The van der Waals surface area contributed by atoms with E-state index in [9.17, 15) is 9.59 Å². The van der Waals surface area contributed by atoms with Crippen LogP contribution in [0.4, 0.5) is 0 Å². The average Bonchev–Trinajstić information content (AvgIpc) is 3.43. The molecule has 4 aromatic rings. The highest BCUT2D eigenvalue weighted by molar-refractivity contribution is 5.90. The highest BCUT2D eigenvalue weighted by Gasteiger charge is 2.61. The van der Waals surface area contributed by atoms with Crippen molar-refractivity contribution in [1.29, 1.82) is 0 Å². The van der Waals surface area contributed by atoms with Crippen molar-refractivity contribution in [3.8, 4) is 22.3 Å². The third-order valence-corrected chi connectivity index (χ3v) is 8.20. The number of fused-ring (bicyclic) bond motifs is 6. The Labute approximate surface area is 223 Å². The quantitative estimate of drug-likeness (QED) is 0.266. The molecule has 0 heterocycles. The van der Waals surface area contributed by atoms with Gasteiger partial charge in [0.25, 0.3) is 0 Å². The van der Waals surface area contributed by atoms with Crippen LogP contribution in [0.3, 0.4) is 0 Å². The molecule has 0 N–H and O–H groups in total. The predicted molar refractivity (Wildman–Crippen MR) is 147 cm³/mol.